The molecule has 1 atom stereocenters. The molecule has 0 aliphatic carbocycles. The van der Waals surface area contributed by atoms with Crippen LogP contribution in [-0.4, -0.2) is 18.4 Å². The average molecular weight is 209 g/mol. The number of rotatable bonds is 3. The van der Waals surface area contributed by atoms with E-state index in [1.54, 1.807) is 0 Å². The van der Waals surface area contributed by atoms with E-state index in [1.165, 1.54) is 11.1 Å². The standard InChI is InChI=1S/C11H15NOS/c12-7-10(14)6-8-1-2-11-9(5-8)3-4-13-11/h1-2,5,10,14H,3-4,6-7,12H2. The Kier molecular flexibility index (Phi) is 2.99. The van der Waals surface area contributed by atoms with Crippen LogP contribution in [0, 0.1) is 0 Å². The molecular weight excluding hydrogens is 194 g/mol. The topological polar surface area (TPSA) is 35.2 Å². The van der Waals surface area contributed by atoms with Crippen molar-refractivity contribution in [2.45, 2.75) is 18.1 Å². The van der Waals surface area contributed by atoms with Gasteiger partial charge in [0.1, 0.15) is 5.75 Å². The lowest BCUT2D eigenvalue weighted by Crippen LogP contribution is -2.16. The van der Waals surface area contributed by atoms with E-state index in [9.17, 15) is 0 Å². The summed E-state index contributed by atoms with van der Waals surface area (Å²) in [5.74, 6) is 1.04. The van der Waals surface area contributed by atoms with E-state index in [1.807, 2.05) is 0 Å². The second kappa shape index (κ2) is 4.24. The number of hydrogen-bond acceptors (Lipinski definition) is 3. The summed E-state index contributed by atoms with van der Waals surface area (Å²) < 4.78 is 5.44. The molecule has 2 rings (SSSR count). The van der Waals surface area contributed by atoms with Crippen LogP contribution in [0.4, 0.5) is 0 Å². The summed E-state index contributed by atoms with van der Waals surface area (Å²) in [5, 5.41) is 0.260. The Hall–Kier alpha value is -0.670. The fourth-order valence-electron chi connectivity index (χ4n) is 1.72. The highest BCUT2D eigenvalue weighted by atomic mass is 32.1. The fraction of sp³-hybridized carbons (Fsp3) is 0.455. The second-order valence-electron chi connectivity index (χ2n) is 3.63. The van der Waals surface area contributed by atoms with E-state index in [2.05, 4.69) is 30.8 Å². The third kappa shape index (κ3) is 2.04. The Bertz CT molecular complexity index is 327. The fourth-order valence-corrected chi connectivity index (χ4v) is 1.93. The van der Waals surface area contributed by atoms with Crippen LogP contribution in [0.3, 0.4) is 0 Å². The van der Waals surface area contributed by atoms with E-state index in [0.29, 0.717) is 6.54 Å². The first-order chi connectivity index (χ1) is 6.79. The molecule has 0 aromatic heterocycles. The van der Waals surface area contributed by atoms with Gasteiger partial charge in [0.2, 0.25) is 0 Å². The summed E-state index contributed by atoms with van der Waals surface area (Å²) in [5.41, 5.74) is 8.16. The van der Waals surface area contributed by atoms with Crippen LogP contribution in [0.2, 0.25) is 0 Å². The van der Waals surface area contributed by atoms with Crippen LogP contribution in [0.5, 0.6) is 5.75 Å². The minimum absolute atomic E-state index is 0.260. The Morgan fingerprint density at radius 1 is 1.50 bits per heavy atom. The van der Waals surface area contributed by atoms with Crippen molar-refractivity contribution in [1.29, 1.82) is 0 Å². The SMILES string of the molecule is NCC(S)Cc1ccc2c(c1)CCO2. The van der Waals surface area contributed by atoms with Crippen molar-refractivity contribution in [1.82, 2.24) is 0 Å². The van der Waals surface area contributed by atoms with Crippen LogP contribution in [0.15, 0.2) is 18.2 Å². The van der Waals surface area contributed by atoms with Gasteiger partial charge in [-0.3, -0.25) is 0 Å². The number of thiol groups is 1. The average Bonchev–Trinajstić information content (AvgIpc) is 2.64. The normalized spacial score (nSPS) is 16.1. The van der Waals surface area contributed by atoms with Crippen molar-refractivity contribution in [3.63, 3.8) is 0 Å². The van der Waals surface area contributed by atoms with Gasteiger partial charge in [-0.2, -0.15) is 12.6 Å². The first-order valence-corrected chi connectivity index (χ1v) is 5.44. The van der Waals surface area contributed by atoms with Gasteiger partial charge in [-0.05, 0) is 23.6 Å². The zero-order valence-corrected chi connectivity index (χ0v) is 8.97. The first-order valence-electron chi connectivity index (χ1n) is 4.92. The van der Waals surface area contributed by atoms with E-state index in [-0.39, 0.29) is 5.25 Å². The summed E-state index contributed by atoms with van der Waals surface area (Å²) in [6.45, 7) is 1.44. The lowest BCUT2D eigenvalue weighted by atomic mass is 10.0. The third-order valence-electron chi connectivity index (χ3n) is 2.50. The summed E-state index contributed by atoms with van der Waals surface area (Å²) in [6.07, 6.45) is 1.97. The van der Waals surface area contributed by atoms with Gasteiger partial charge in [0.25, 0.3) is 0 Å². The number of hydrogen-bond donors (Lipinski definition) is 2. The maximum atomic E-state index is 5.53. The van der Waals surface area contributed by atoms with Gasteiger partial charge in [-0.15, -0.1) is 0 Å². The Labute approximate surface area is 89.9 Å². The minimum Gasteiger partial charge on any atom is -0.493 e. The summed E-state index contributed by atoms with van der Waals surface area (Å²) in [7, 11) is 0. The number of ether oxygens (including phenoxy) is 1. The van der Waals surface area contributed by atoms with E-state index >= 15 is 0 Å². The van der Waals surface area contributed by atoms with Crippen LogP contribution >= 0.6 is 12.6 Å². The van der Waals surface area contributed by atoms with Crippen molar-refractivity contribution in [2.75, 3.05) is 13.2 Å². The van der Waals surface area contributed by atoms with Crippen LogP contribution < -0.4 is 10.5 Å². The highest BCUT2D eigenvalue weighted by Crippen LogP contribution is 2.26. The number of benzene rings is 1. The molecule has 1 aliphatic heterocycles. The molecule has 1 aliphatic rings. The molecule has 0 radical (unpaired) electrons. The van der Waals surface area contributed by atoms with Gasteiger partial charge in [0.05, 0.1) is 6.61 Å². The van der Waals surface area contributed by atoms with Gasteiger partial charge in [0.15, 0.2) is 0 Å². The molecule has 1 heterocycles. The molecule has 0 saturated heterocycles. The zero-order chi connectivity index (χ0) is 9.97. The summed E-state index contributed by atoms with van der Waals surface area (Å²) in [6, 6.07) is 6.36. The van der Waals surface area contributed by atoms with Gasteiger partial charge in [0, 0.05) is 18.2 Å². The predicted octanol–water partition coefficient (Wildman–Crippen LogP) is 1.42. The second-order valence-corrected chi connectivity index (χ2v) is 4.36. The monoisotopic (exact) mass is 209 g/mol. The molecule has 1 aromatic carbocycles. The molecule has 3 heteroatoms. The van der Waals surface area contributed by atoms with Crippen molar-refractivity contribution in [3.8, 4) is 5.75 Å². The van der Waals surface area contributed by atoms with E-state index in [4.69, 9.17) is 10.5 Å². The number of fused-ring (bicyclic) bond motifs is 1. The minimum atomic E-state index is 0.260. The van der Waals surface area contributed by atoms with Crippen molar-refractivity contribution in [3.05, 3.63) is 29.3 Å². The molecule has 1 unspecified atom stereocenters. The largest absolute Gasteiger partial charge is 0.493 e. The quantitative estimate of drug-likeness (QED) is 0.739. The van der Waals surface area contributed by atoms with Crippen molar-refractivity contribution < 1.29 is 4.74 Å². The van der Waals surface area contributed by atoms with Gasteiger partial charge < -0.3 is 10.5 Å². The van der Waals surface area contributed by atoms with Crippen LogP contribution in [-0.2, 0) is 12.8 Å². The molecule has 2 nitrogen and oxygen atoms in total. The lowest BCUT2D eigenvalue weighted by molar-refractivity contribution is 0.357. The molecular formula is C11H15NOS. The first kappa shape index (κ1) is 9.87. The maximum Gasteiger partial charge on any atom is 0.122 e. The molecule has 0 amide bonds. The number of nitrogens with two attached hydrogens (primary N) is 1. The molecule has 0 bridgehead atoms. The molecule has 14 heavy (non-hydrogen) atoms. The zero-order valence-electron chi connectivity index (χ0n) is 8.07. The molecule has 76 valence electrons. The Morgan fingerprint density at radius 2 is 2.36 bits per heavy atom. The van der Waals surface area contributed by atoms with Crippen LogP contribution in [0.1, 0.15) is 11.1 Å². The molecule has 0 saturated carbocycles. The van der Waals surface area contributed by atoms with Gasteiger partial charge in [-0.25, -0.2) is 0 Å². The van der Waals surface area contributed by atoms with E-state index in [0.717, 1.165) is 25.2 Å². The Morgan fingerprint density at radius 3 is 3.14 bits per heavy atom. The van der Waals surface area contributed by atoms with Gasteiger partial charge in [-0.1, -0.05) is 12.1 Å². The maximum absolute atomic E-state index is 5.53. The molecule has 0 fully saturated rings. The summed E-state index contributed by atoms with van der Waals surface area (Å²) in [4.78, 5) is 0. The highest BCUT2D eigenvalue weighted by molar-refractivity contribution is 7.81. The summed E-state index contributed by atoms with van der Waals surface area (Å²) >= 11 is 4.39. The highest BCUT2D eigenvalue weighted by Gasteiger charge is 2.12. The van der Waals surface area contributed by atoms with Crippen molar-refractivity contribution in [2.24, 2.45) is 5.73 Å². The van der Waals surface area contributed by atoms with Crippen molar-refractivity contribution >= 4 is 12.6 Å². The van der Waals surface area contributed by atoms with Crippen LogP contribution in [0.25, 0.3) is 0 Å². The molecule has 2 N–H and O–H groups in total. The molecule has 0 spiro atoms. The van der Waals surface area contributed by atoms with E-state index < -0.39 is 0 Å². The third-order valence-corrected chi connectivity index (χ3v) is 2.89. The van der Waals surface area contributed by atoms with Gasteiger partial charge >= 0.3 is 0 Å². The lowest BCUT2D eigenvalue weighted by Gasteiger charge is -2.08. The Balaban J connectivity index is 2.12. The predicted molar refractivity (Wildman–Crippen MR) is 61.2 cm³/mol. The smallest absolute Gasteiger partial charge is 0.122 e. The molecule has 1 aromatic rings.